The maximum absolute atomic E-state index is 15.4. The van der Waals surface area contributed by atoms with Crippen molar-refractivity contribution in [2.45, 2.75) is 122 Å². The number of hydrogen-bond acceptors (Lipinski definition) is 10. The summed E-state index contributed by atoms with van der Waals surface area (Å²) in [5, 5.41) is 0. The molecule has 2 aliphatic rings. The first-order valence-corrected chi connectivity index (χ1v) is 20.4. The van der Waals surface area contributed by atoms with Crippen molar-refractivity contribution in [3.63, 3.8) is 0 Å². The zero-order valence-corrected chi connectivity index (χ0v) is 33.4. The van der Waals surface area contributed by atoms with Gasteiger partial charge in [-0.1, -0.05) is 115 Å². The third kappa shape index (κ3) is 10.3. The summed E-state index contributed by atoms with van der Waals surface area (Å²) in [6, 6.07) is 9.62. The Balaban J connectivity index is 1.55. The molecule has 294 valence electrons. The van der Waals surface area contributed by atoms with E-state index in [1.807, 2.05) is 50.5 Å². The molecule has 0 spiro atoms. The topological polar surface area (TPSA) is 105 Å². The molecule has 10 heteroatoms. The van der Waals surface area contributed by atoms with E-state index in [1.54, 1.807) is 12.4 Å². The van der Waals surface area contributed by atoms with Gasteiger partial charge in [0.1, 0.15) is 0 Å². The van der Waals surface area contributed by atoms with Gasteiger partial charge < -0.3 is 14.4 Å². The number of carbonyl (C=O) groups excluding carboxylic acids is 3. The van der Waals surface area contributed by atoms with Gasteiger partial charge in [0.15, 0.2) is 16.6 Å². The van der Waals surface area contributed by atoms with Crippen molar-refractivity contribution < 1.29 is 23.9 Å². The maximum Gasteiger partial charge on any atom is 0.322 e. The Labute approximate surface area is 319 Å². The van der Waals surface area contributed by atoms with Crippen molar-refractivity contribution in [2.24, 2.45) is 10.8 Å². The smallest absolute Gasteiger partial charge is 0.322 e. The molecule has 4 rings (SSSR count). The fourth-order valence-electron chi connectivity index (χ4n) is 8.86. The summed E-state index contributed by atoms with van der Waals surface area (Å²) >= 11 is 0. The van der Waals surface area contributed by atoms with E-state index in [9.17, 15) is 9.59 Å². The molecule has 2 saturated heterocycles. The molecule has 4 atom stereocenters. The van der Waals surface area contributed by atoms with E-state index in [4.69, 9.17) is 19.4 Å². The van der Waals surface area contributed by atoms with Crippen LogP contribution in [0.5, 0.6) is 0 Å². The van der Waals surface area contributed by atoms with Crippen LogP contribution in [-0.4, -0.2) is 103 Å². The number of aromatic nitrogens is 2. The Morgan fingerprint density at radius 1 is 0.679 bits per heavy atom. The van der Waals surface area contributed by atoms with Crippen LogP contribution in [0.4, 0.5) is 0 Å². The fourth-order valence-corrected chi connectivity index (χ4v) is 8.86. The minimum atomic E-state index is -1.72. The van der Waals surface area contributed by atoms with Gasteiger partial charge in [-0.25, -0.2) is 0 Å². The number of fused-ring (bicyclic) bond motifs is 2. The van der Waals surface area contributed by atoms with Crippen LogP contribution in [0.2, 0.25) is 0 Å². The highest BCUT2D eigenvalue weighted by molar-refractivity contribution is 6.17. The average Bonchev–Trinajstić information content (AvgIpc) is 3.17. The molecule has 2 aliphatic heterocycles. The first kappa shape index (κ1) is 42.5. The largest absolute Gasteiger partial charge is 0.468 e. The zero-order valence-electron chi connectivity index (χ0n) is 33.4. The molecule has 0 saturated carbocycles. The van der Waals surface area contributed by atoms with Gasteiger partial charge in [0, 0.05) is 38.6 Å². The lowest BCUT2D eigenvalue weighted by Gasteiger charge is -2.61. The van der Waals surface area contributed by atoms with Crippen LogP contribution in [0.25, 0.3) is 0 Å². The molecule has 0 radical (unpaired) electrons. The Kier molecular flexibility index (Phi) is 17.4. The molecule has 2 aromatic heterocycles. The van der Waals surface area contributed by atoms with Crippen molar-refractivity contribution in [3.8, 4) is 0 Å². The van der Waals surface area contributed by atoms with Gasteiger partial charge in [-0.05, 0) is 51.3 Å². The van der Waals surface area contributed by atoms with Crippen molar-refractivity contribution in [3.05, 3.63) is 60.2 Å². The number of methoxy groups -OCH3 is 2. The highest BCUT2D eigenvalue weighted by atomic mass is 16.5. The summed E-state index contributed by atoms with van der Waals surface area (Å²) in [6.07, 6.45) is 23.6. The molecule has 4 heterocycles. The quantitative estimate of drug-likeness (QED) is 0.0609. The van der Waals surface area contributed by atoms with E-state index >= 15 is 4.79 Å². The SMILES string of the molecule is CCCCCCCCCCCCCCCCCCN1C(c2ccccn2)C2(C(=O)OC)CN(CCN(C)C)CC(C(=O)OC)(C2=O)C1c1ccccn1. The van der Waals surface area contributed by atoms with Crippen LogP contribution in [-0.2, 0) is 23.9 Å². The standard InChI is InChI=1S/C43H67N5O5/c1-6-7-8-9-10-11-12-13-14-15-16-17-18-19-20-25-30-48-37(35-26-21-23-28-44-35)42(40(50)52-4)33-47(32-31-46(2)3)34-43(39(42)49,41(51)53-5)38(48)36-27-22-24-29-45-36/h21-24,26-29,37-38H,6-20,25,30-34H2,1-5H3. The Morgan fingerprint density at radius 2 is 1.09 bits per heavy atom. The lowest BCUT2D eigenvalue weighted by Crippen LogP contribution is -2.76. The third-order valence-corrected chi connectivity index (χ3v) is 11.5. The normalized spacial score (nSPS) is 23.3. The molecule has 2 fully saturated rings. The minimum absolute atomic E-state index is 0.108. The second-order valence-corrected chi connectivity index (χ2v) is 15.6. The number of carbonyl (C=O) groups is 3. The number of rotatable bonds is 24. The summed E-state index contributed by atoms with van der Waals surface area (Å²) in [6.45, 7) is 4.25. The molecule has 0 aliphatic carbocycles. The Hall–Kier alpha value is -3.21. The molecular formula is C43H67N5O5. The van der Waals surface area contributed by atoms with Crippen molar-refractivity contribution in [1.82, 2.24) is 24.7 Å². The maximum atomic E-state index is 15.4. The molecule has 4 unspecified atom stereocenters. The van der Waals surface area contributed by atoms with Crippen LogP contribution in [0.15, 0.2) is 48.8 Å². The van der Waals surface area contributed by atoms with Gasteiger partial charge in [0.05, 0.1) is 37.7 Å². The van der Waals surface area contributed by atoms with Gasteiger partial charge in [-0.15, -0.1) is 0 Å². The van der Waals surface area contributed by atoms with Crippen LogP contribution < -0.4 is 0 Å². The van der Waals surface area contributed by atoms with Gasteiger partial charge in [0.25, 0.3) is 0 Å². The van der Waals surface area contributed by atoms with Gasteiger partial charge in [-0.2, -0.15) is 0 Å². The van der Waals surface area contributed by atoms with Gasteiger partial charge >= 0.3 is 11.9 Å². The Bertz CT molecular complexity index is 1310. The highest BCUT2D eigenvalue weighted by Crippen LogP contribution is 2.60. The molecule has 0 amide bonds. The number of nitrogens with zero attached hydrogens (tertiary/aromatic N) is 5. The van der Waals surface area contributed by atoms with Crippen molar-refractivity contribution in [1.29, 1.82) is 0 Å². The molecule has 2 aromatic rings. The second kappa shape index (κ2) is 21.6. The number of esters is 2. The second-order valence-electron chi connectivity index (χ2n) is 15.6. The van der Waals surface area contributed by atoms with E-state index < -0.39 is 40.6 Å². The van der Waals surface area contributed by atoms with E-state index in [1.165, 1.54) is 97.7 Å². The van der Waals surface area contributed by atoms with Crippen LogP contribution >= 0.6 is 0 Å². The summed E-state index contributed by atoms with van der Waals surface area (Å²) in [4.78, 5) is 59.9. The predicted octanol–water partition coefficient (Wildman–Crippen LogP) is 7.60. The molecule has 10 nitrogen and oxygen atoms in total. The summed E-state index contributed by atoms with van der Waals surface area (Å²) in [5.41, 5.74) is -2.25. The number of likely N-dealkylation sites (tertiary alicyclic amines) is 2. The summed E-state index contributed by atoms with van der Waals surface area (Å²) in [5.74, 6) is -1.78. The molecule has 53 heavy (non-hydrogen) atoms. The highest BCUT2D eigenvalue weighted by Gasteiger charge is 2.75. The van der Waals surface area contributed by atoms with Crippen LogP contribution in [0.3, 0.4) is 0 Å². The van der Waals surface area contributed by atoms with E-state index in [-0.39, 0.29) is 13.1 Å². The molecular weight excluding hydrogens is 667 g/mol. The predicted molar refractivity (Wildman–Crippen MR) is 209 cm³/mol. The minimum Gasteiger partial charge on any atom is -0.468 e. The number of ketones is 1. The molecule has 0 N–H and O–H groups in total. The van der Waals surface area contributed by atoms with E-state index in [0.717, 1.165) is 19.3 Å². The van der Waals surface area contributed by atoms with E-state index in [2.05, 4.69) is 21.6 Å². The van der Waals surface area contributed by atoms with Crippen molar-refractivity contribution in [2.75, 3.05) is 61.0 Å². The number of hydrogen-bond donors (Lipinski definition) is 0. The fraction of sp³-hybridized carbons (Fsp3) is 0.698. The van der Waals surface area contributed by atoms with Crippen molar-refractivity contribution >= 4 is 17.7 Å². The third-order valence-electron chi connectivity index (χ3n) is 11.5. The van der Waals surface area contributed by atoms with Crippen LogP contribution in [0, 0.1) is 10.8 Å². The zero-order chi connectivity index (χ0) is 38.1. The summed E-state index contributed by atoms with van der Waals surface area (Å²) < 4.78 is 11.1. The monoisotopic (exact) mass is 734 g/mol. The number of piperidine rings is 2. The lowest BCUT2D eigenvalue weighted by molar-refractivity contribution is -0.206. The van der Waals surface area contributed by atoms with Crippen LogP contribution in [0.1, 0.15) is 133 Å². The number of ether oxygens (including phenoxy) is 2. The first-order chi connectivity index (χ1) is 25.8. The first-order valence-electron chi connectivity index (χ1n) is 20.4. The van der Waals surface area contributed by atoms with Gasteiger partial charge in [0.2, 0.25) is 0 Å². The average molecular weight is 734 g/mol. The number of Topliss-reactive ketones (excluding diaryl/α,β-unsaturated/α-hetero) is 1. The number of unbranched alkanes of at least 4 members (excludes halogenated alkanes) is 15. The van der Waals surface area contributed by atoms with E-state index in [0.29, 0.717) is 31.0 Å². The molecule has 0 aromatic carbocycles. The Morgan fingerprint density at radius 3 is 1.45 bits per heavy atom. The number of likely N-dealkylation sites (N-methyl/N-ethyl adjacent to an activating group) is 1. The lowest BCUT2D eigenvalue weighted by atomic mass is 9.54. The number of pyridine rings is 2. The summed E-state index contributed by atoms with van der Waals surface area (Å²) in [7, 11) is 6.61. The molecule has 2 bridgehead atoms. The van der Waals surface area contributed by atoms with Gasteiger partial charge in [-0.3, -0.25) is 34.2 Å².